The van der Waals surface area contributed by atoms with Crippen LogP contribution < -0.4 is 10.9 Å². The van der Waals surface area contributed by atoms with Gasteiger partial charge in [0.1, 0.15) is 5.82 Å². The van der Waals surface area contributed by atoms with Gasteiger partial charge in [0, 0.05) is 36.1 Å². The number of nitrogens with one attached hydrogen (secondary N) is 2. The van der Waals surface area contributed by atoms with E-state index in [0.717, 1.165) is 17.3 Å². The van der Waals surface area contributed by atoms with Crippen LogP contribution in [0, 0.1) is 0 Å². The van der Waals surface area contributed by atoms with E-state index in [4.69, 9.17) is 0 Å². The van der Waals surface area contributed by atoms with Crippen molar-refractivity contribution in [1.82, 2.24) is 25.1 Å². The Labute approximate surface area is 164 Å². The molecule has 3 heterocycles. The molecule has 0 atom stereocenters. The van der Waals surface area contributed by atoms with Gasteiger partial charge in [-0.1, -0.05) is 13.8 Å². The summed E-state index contributed by atoms with van der Waals surface area (Å²) in [5.41, 5.74) is 0.840. The maximum atomic E-state index is 13.3. The van der Waals surface area contributed by atoms with E-state index in [1.807, 2.05) is 13.8 Å². The number of aryl methyl sites for hydroxylation is 1. The molecule has 3 rings (SSSR count). The topological polar surface area (TPSA) is 96.5 Å². The predicted molar refractivity (Wildman–Crippen MR) is 101 cm³/mol. The average Bonchev–Trinajstić information content (AvgIpc) is 2.72. The van der Waals surface area contributed by atoms with Gasteiger partial charge < -0.3 is 5.32 Å². The molecule has 3 aromatic heterocycles. The number of hydrogen-bond donors (Lipinski definition) is 2. The Morgan fingerprint density at radius 3 is 2.55 bits per heavy atom. The lowest BCUT2D eigenvalue weighted by molar-refractivity contribution is -0.141. The van der Waals surface area contributed by atoms with Crippen LogP contribution in [0.5, 0.6) is 0 Å². The largest absolute Gasteiger partial charge is 0.433 e. The molecular weight excluding hydrogens is 385 g/mol. The number of aromatic nitrogens is 5. The quantitative estimate of drug-likeness (QED) is 0.654. The third kappa shape index (κ3) is 4.58. The normalized spacial score (nSPS) is 11.5. The third-order valence-electron chi connectivity index (χ3n) is 4.35. The number of hydrogen-bond acceptors (Lipinski definition) is 6. The van der Waals surface area contributed by atoms with Crippen molar-refractivity contribution in [3.8, 4) is 11.4 Å². The van der Waals surface area contributed by atoms with Crippen molar-refractivity contribution in [2.24, 2.45) is 0 Å². The predicted octanol–water partition coefficient (Wildman–Crippen LogP) is 3.38. The van der Waals surface area contributed by atoms with Gasteiger partial charge in [-0.15, -0.1) is 0 Å². The van der Waals surface area contributed by atoms with E-state index in [1.54, 1.807) is 12.1 Å². The van der Waals surface area contributed by atoms with Crippen LogP contribution in [0.25, 0.3) is 11.4 Å². The SMILES string of the molecule is CCc1n[nH]c(=O)c(CNc2cc(C(F)(F)F)nc(-c3cccnc3)n2)c1CC. The maximum Gasteiger partial charge on any atom is 0.433 e. The molecule has 0 radical (unpaired) electrons. The van der Waals surface area contributed by atoms with Crippen molar-refractivity contribution < 1.29 is 13.2 Å². The van der Waals surface area contributed by atoms with Crippen molar-refractivity contribution in [1.29, 1.82) is 0 Å². The van der Waals surface area contributed by atoms with Gasteiger partial charge in [-0.2, -0.15) is 18.3 Å². The second-order valence-electron chi connectivity index (χ2n) is 6.22. The van der Waals surface area contributed by atoms with Crippen LogP contribution in [0.2, 0.25) is 0 Å². The second-order valence-corrected chi connectivity index (χ2v) is 6.22. The van der Waals surface area contributed by atoms with Crippen LogP contribution in [0.3, 0.4) is 0 Å². The molecule has 0 amide bonds. The molecule has 0 saturated carbocycles. The number of nitrogens with zero attached hydrogens (tertiary/aromatic N) is 4. The average molecular weight is 404 g/mol. The summed E-state index contributed by atoms with van der Waals surface area (Å²) in [4.78, 5) is 23.9. The first-order chi connectivity index (χ1) is 13.8. The molecule has 0 aliphatic carbocycles. The van der Waals surface area contributed by atoms with Crippen LogP contribution in [0.1, 0.15) is 36.4 Å². The summed E-state index contributed by atoms with van der Waals surface area (Å²) in [5, 5.41) is 9.30. The lowest BCUT2D eigenvalue weighted by Gasteiger charge is -2.14. The van der Waals surface area contributed by atoms with Crippen LogP contribution in [-0.4, -0.2) is 25.1 Å². The van der Waals surface area contributed by atoms with E-state index in [-0.39, 0.29) is 23.7 Å². The van der Waals surface area contributed by atoms with Gasteiger partial charge in [0.05, 0.1) is 5.69 Å². The van der Waals surface area contributed by atoms with Gasteiger partial charge in [0.2, 0.25) is 0 Å². The fraction of sp³-hybridized carbons (Fsp3) is 0.316. The van der Waals surface area contributed by atoms with Crippen LogP contribution in [0.15, 0.2) is 35.4 Å². The third-order valence-corrected chi connectivity index (χ3v) is 4.35. The molecule has 2 N–H and O–H groups in total. The van der Waals surface area contributed by atoms with Crippen molar-refractivity contribution >= 4 is 5.82 Å². The standard InChI is InChI=1S/C19H19F3N6O/c1-3-12-13(18(29)28-27-14(12)4-2)10-24-16-8-15(19(20,21)22)25-17(26-16)11-6-5-7-23-9-11/h5-9H,3-4,10H2,1-2H3,(H,28,29)(H,24,25,26). The Morgan fingerprint density at radius 1 is 1.14 bits per heavy atom. The van der Waals surface area contributed by atoms with Gasteiger partial charge >= 0.3 is 6.18 Å². The highest BCUT2D eigenvalue weighted by Crippen LogP contribution is 2.30. The zero-order valence-electron chi connectivity index (χ0n) is 15.8. The molecule has 0 aliphatic rings. The molecule has 0 aromatic carbocycles. The monoisotopic (exact) mass is 404 g/mol. The Balaban J connectivity index is 1.99. The van der Waals surface area contributed by atoms with Gasteiger partial charge in [-0.3, -0.25) is 9.78 Å². The zero-order valence-corrected chi connectivity index (χ0v) is 15.8. The van der Waals surface area contributed by atoms with E-state index in [9.17, 15) is 18.0 Å². The molecule has 10 heteroatoms. The maximum absolute atomic E-state index is 13.3. The molecule has 0 fully saturated rings. The van der Waals surface area contributed by atoms with Crippen molar-refractivity contribution in [2.75, 3.05) is 5.32 Å². The van der Waals surface area contributed by atoms with Crippen molar-refractivity contribution in [3.05, 3.63) is 63.5 Å². The highest BCUT2D eigenvalue weighted by atomic mass is 19.4. The number of alkyl halides is 3. The van der Waals surface area contributed by atoms with E-state index in [0.29, 0.717) is 24.0 Å². The van der Waals surface area contributed by atoms with Gasteiger partial charge in [0.25, 0.3) is 5.56 Å². The Kier molecular flexibility index (Phi) is 5.90. The van der Waals surface area contributed by atoms with Crippen LogP contribution in [0.4, 0.5) is 19.0 Å². The molecule has 3 aromatic rings. The Hall–Kier alpha value is -3.30. The number of pyridine rings is 1. The van der Waals surface area contributed by atoms with Crippen LogP contribution >= 0.6 is 0 Å². The Morgan fingerprint density at radius 2 is 1.93 bits per heavy atom. The lowest BCUT2D eigenvalue weighted by Crippen LogP contribution is -2.22. The summed E-state index contributed by atoms with van der Waals surface area (Å²) in [6.45, 7) is 3.82. The molecule has 29 heavy (non-hydrogen) atoms. The molecule has 152 valence electrons. The van der Waals surface area contributed by atoms with Gasteiger partial charge in [0.15, 0.2) is 11.5 Å². The molecule has 0 bridgehead atoms. The molecule has 7 nitrogen and oxygen atoms in total. The lowest BCUT2D eigenvalue weighted by atomic mass is 10.0. The van der Waals surface area contributed by atoms with E-state index in [2.05, 4.69) is 30.5 Å². The highest BCUT2D eigenvalue weighted by Gasteiger charge is 2.34. The zero-order chi connectivity index (χ0) is 21.0. The van der Waals surface area contributed by atoms with E-state index in [1.165, 1.54) is 12.4 Å². The summed E-state index contributed by atoms with van der Waals surface area (Å²) < 4.78 is 39.9. The Bertz CT molecular complexity index is 1050. The van der Waals surface area contributed by atoms with E-state index < -0.39 is 11.9 Å². The number of rotatable bonds is 6. The van der Waals surface area contributed by atoms with Crippen molar-refractivity contribution in [3.63, 3.8) is 0 Å². The molecule has 0 saturated heterocycles. The van der Waals surface area contributed by atoms with Gasteiger partial charge in [-0.25, -0.2) is 15.1 Å². The van der Waals surface area contributed by atoms with E-state index >= 15 is 0 Å². The molecule has 0 spiro atoms. The summed E-state index contributed by atoms with van der Waals surface area (Å²) in [6, 6.07) is 3.98. The smallest absolute Gasteiger partial charge is 0.366 e. The first kappa shape index (κ1) is 20.4. The number of H-pyrrole nitrogens is 1. The minimum absolute atomic E-state index is 0.00875. The number of halogens is 3. The summed E-state index contributed by atoms with van der Waals surface area (Å²) >= 11 is 0. The first-order valence-electron chi connectivity index (χ1n) is 9.03. The van der Waals surface area contributed by atoms with Crippen molar-refractivity contribution in [2.45, 2.75) is 39.4 Å². The fourth-order valence-electron chi connectivity index (χ4n) is 2.95. The molecule has 0 unspecified atom stereocenters. The minimum Gasteiger partial charge on any atom is -0.366 e. The highest BCUT2D eigenvalue weighted by molar-refractivity contribution is 5.56. The first-order valence-corrected chi connectivity index (χ1v) is 9.03. The molecule has 0 aliphatic heterocycles. The molecular formula is C19H19F3N6O. The van der Waals surface area contributed by atoms with Crippen LogP contribution in [-0.2, 0) is 25.6 Å². The minimum atomic E-state index is -4.64. The summed E-state index contributed by atoms with van der Waals surface area (Å²) in [6.07, 6.45) is -0.549. The summed E-state index contributed by atoms with van der Waals surface area (Å²) in [5.74, 6) is -0.147. The summed E-state index contributed by atoms with van der Waals surface area (Å²) in [7, 11) is 0. The number of aromatic amines is 1. The number of anilines is 1. The fourth-order valence-corrected chi connectivity index (χ4v) is 2.95. The van der Waals surface area contributed by atoms with Gasteiger partial charge in [-0.05, 0) is 30.5 Å². The second kappa shape index (κ2) is 8.38.